The van der Waals surface area contributed by atoms with Crippen LogP contribution >= 0.6 is 0 Å². The Hall–Kier alpha value is -1.67. The average molecular weight is 521 g/mol. The van der Waals surface area contributed by atoms with Gasteiger partial charge in [0.2, 0.25) is 11.5 Å². The molecule has 3 saturated carbocycles. The summed E-state index contributed by atoms with van der Waals surface area (Å²) < 4.78 is 29.4. The van der Waals surface area contributed by atoms with Crippen LogP contribution in [0.1, 0.15) is 65.2 Å². The number of aryl methyl sites for hydroxylation is 1. The van der Waals surface area contributed by atoms with Crippen LogP contribution in [-0.2, 0) is 27.9 Å². The number of imidazole rings is 1. The van der Waals surface area contributed by atoms with Crippen molar-refractivity contribution in [2.75, 3.05) is 20.8 Å². The number of rotatable bonds is 8. The highest BCUT2D eigenvalue weighted by Crippen LogP contribution is 2.48. The highest BCUT2D eigenvalue weighted by atomic mass is 19.1. The number of nitrogens with one attached hydrogen (secondary N) is 2. The second-order valence-electron chi connectivity index (χ2n) is 12.5. The Kier molecular flexibility index (Phi) is 9.54. The summed E-state index contributed by atoms with van der Waals surface area (Å²) in [6.07, 6.45) is 10.4. The maximum absolute atomic E-state index is 14.3. The molecule has 3 aliphatic carbocycles. The van der Waals surface area contributed by atoms with Crippen molar-refractivity contribution in [3.05, 3.63) is 18.0 Å². The molecule has 1 aromatic rings. The Morgan fingerprint density at radius 2 is 1.62 bits per heavy atom. The molecule has 0 spiro atoms. The number of carbonyl (C=O) groups is 1. The molecule has 0 saturated heterocycles. The first-order chi connectivity index (χ1) is 17.7. The highest BCUT2D eigenvalue weighted by molar-refractivity contribution is 5.78. The summed E-state index contributed by atoms with van der Waals surface area (Å²) in [6.45, 7) is 5.84. The molecule has 8 heteroatoms. The largest absolute Gasteiger partial charge is 0.381 e. The fourth-order valence-electron chi connectivity index (χ4n) is 8.09. The molecule has 3 aliphatic rings. The van der Waals surface area contributed by atoms with Gasteiger partial charge >= 0.3 is 0 Å². The summed E-state index contributed by atoms with van der Waals surface area (Å²) in [5.74, 6) is 2.34. The van der Waals surface area contributed by atoms with E-state index in [1.165, 1.54) is 0 Å². The van der Waals surface area contributed by atoms with Crippen molar-refractivity contribution in [1.82, 2.24) is 14.5 Å². The zero-order valence-electron chi connectivity index (χ0n) is 23.5. The molecule has 2 N–H and O–H groups in total. The van der Waals surface area contributed by atoms with Gasteiger partial charge < -0.3 is 23.9 Å². The van der Waals surface area contributed by atoms with Crippen LogP contribution in [0.4, 0.5) is 4.39 Å². The Morgan fingerprint density at radius 1 is 0.973 bits per heavy atom. The van der Waals surface area contributed by atoms with E-state index in [0.717, 1.165) is 45.1 Å². The van der Waals surface area contributed by atoms with Crippen molar-refractivity contribution < 1.29 is 18.7 Å². The second kappa shape index (κ2) is 12.5. The molecule has 7 atom stereocenters. The van der Waals surface area contributed by atoms with Gasteiger partial charge in [0, 0.05) is 52.7 Å². The van der Waals surface area contributed by atoms with Gasteiger partial charge in [-0.05, 0) is 86.9 Å². The molecule has 0 aliphatic heterocycles. The second-order valence-corrected chi connectivity index (χ2v) is 12.5. The van der Waals surface area contributed by atoms with Crippen molar-refractivity contribution in [3.63, 3.8) is 0 Å². The maximum Gasteiger partial charge on any atom is 0.223 e. The van der Waals surface area contributed by atoms with Gasteiger partial charge in [-0.15, -0.1) is 0 Å². The minimum absolute atomic E-state index is 0.0372. The number of alkyl halides is 1. The van der Waals surface area contributed by atoms with Crippen molar-refractivity contribution in [2.45, 2.75) is 90.1 Å². The van der Waals surface area contributed by atoms with E-state index < -0.39 is 6.17 Å². The Morgan fingerprint density at radius 3 is 2.19 bits per heavy atom. The molecular formula is C29H49FN4O3. The van der Waals surface area contributed by atoms with Gasteiger partial charge in [-0.1, -0.05) is 13.8 Å². The quantitative estimate of drug-likeness (QED) is 0.536. The van der Waals surface area contributed by atoms with Crippen molar-refractivity contribution >= 4 is 5.91 Å². The van der Waals surface area contributed by atoms with E-state index in [-0.39, 0.29) is 24.0 Å². The molecule has 0 bridgehead atoms. The van der Waals surface area contributed by atoms with E-state index >= 15 is 0 Å². The van der Waals surface area contributed by atoms with Gasteiger partial charge in [0.05, 0.1) is 12.2 Å². The number of methoxy groups -OCH3 is 2. The average Bonchev–Trinajstić information content (AvgIpc) is 3.18. The van der Waals surface area contributed by atoms with Crippen molar-refractivity contribution in [3.8, 4) is 0 Å². The number of ether oxygens (including phenoxy) is 2. The molecule has 1 amide bonds. The van der Waals surface area contributed by atoms with Crippen LogP contribution in [-0.4, -0.2) is 54.2 Å². The fourth-order valence-corrected chi connectivity index (χ4v) is 8.09. The molecule has 4 rings (SSSR count). The highest BCUT2D eigenvalue weighted by Gasteiger charge is 2.43. The predicted octanol–water partition coefficient (Wildman–Crippen LogP) is 4.31. The lowest BCUT2D eigenvalue weighted by molar-refractivity contribution is -0.128. The molecule has 1 heterocycles. The first-order valence-electron chi connectivity index (χ1n) is 14.4. The molecular weight excluding hydrogens is 471 g/mol. The van der Waals surface area contributed by atoms with E-state index in [1.807, 2.05) is 28.6 Å². The number of hydrogen-bond acceptors (Lipinski definition) is 4. The monoisotopic (exact) mass is 520 g/mol. The smallest absolute Gasteiger partial charge is 0.223 e. The molecule has 0 radical (unpaired) electrons. The minimum atomic E-state index is -0.701. The van der Waals surface area contributed by atoms with E-state index in [9.17, 15) is 9.18 Å². The Bertz CT molecular complexity index is 924. The summed E-state index contributed by atoms with van der Waals surface area (Å²) >= 11 is 0. The molecule has 1 aromatic heterocycles. The third-order valence-electron chi connectivity index (χ3n) is 9.81. The molecule has 210 valence electrons. The van der Waals surface area contributed by atoms with Crippen LogP contribution in [0.15, 0.2) is 12.4 Å². The number of aromatic nitrogens is 2. The standard InChI is InChI=1S/C29H49FN4O3/c1-18-8-24(30)9-19(2)27(18)22-10-21(17-34-7-6-33(3)29(34)31)11-23(14-22)28(35)32-16-20-12-25(36-4)15-26(13-20)37-5/h6-7,18-27,31H,8-17H2,1-5H3,(H,32,35). The molecule has 7 unspecified atom stereocenters. The van der Waals surface area contributed by atoms with Gasteiger partial charge in [0.1, 0.15) is 6.17 Å². The number of hydrogen-bond donors (Lipinski definition) is 2. The first kappa shape index (κ1) is 28.3. The lowest BCUT2D eigenvalue weighted by Gasteiger charge is -2.46. The Labute approximate surface area is 222 Å². The van der Waals surface area contributed by atoms with Crippen molar-refractivity contribution in [1.29, 1.82) is 5.41 Å². The third-order valence-corrected chi connectivity index (χ3v) is 9.81. The van der Waals surface area contributed by atoms with E-state index in [4.69, 9.17) is 14.9 Å². The molecule has 7 nitrogen and oxygen atoms in total. The van der Waals surface area contributed by atoms with Crippen LogP contribution in [0.3, 0.4) is 0 Å². The Balaban J connectivity index is 1.45. The van der Waals surface area contributed by atoms with Gasteiger partial charge in [0.15, 0.2) is 0 Å². The van der Waals surface area contributed by atoms with Gasteiger partial charge in [-0.2, -0.15) is 0 Å². The SMILES string of the molecule is COC1CC(CNC(=O)C2CC(Cn3ccn(C)c3=N)CC(C3C(C)CC(F)CC3C)C2)CC(OC)C1. The van der Waals surface area contributed by atoms with E-state index in [1.54, 1.807) is 14.2 Å². The predicted molar refractivity (Wildman–Crippen MR) is 141 cm³/mol. The van der Waals surface area contributed by atoms with Gasteiger partial charge in [-0.25, -0.2) is 4.39 Å². The van der Waals surface area contributed by atoms with Crippen molar-refractivity contribution in [2.24, 2.45) is 48.5 Å². The van der Waals surface area contributed by atoms with Crippen LogP contribution < -0.4 is 10.9 Å². The number of amides is 1. The summed E-state index contributed by atoms with van der Waals surface area (Å²) in [7, 11) is 5.41. The van der Waals surface area contributed by atoms with Gasteiger partial charge in [-0.3, -0.25) is 10.2 Å². The number of nitrogens with zero attached hydrogens (tertiary/aromatic N) is 2. The fraction of sp³-hybridized carbons (Fsp3) is 0.862. The normalized spacial score (nSPS) is 38.9. The molecule has 0 aromatic carbocycles. The number of carbonyl (C=O) groups excluding carboxylic acids is 1. The zero-order valence-corrected chi connectivity index (χ0v) is 23.5. The summed E-state index contributed by atoms with van der Waals surface area (Å²) in [4.78, 5) is 13.6. The topological polar surface area (TPSA) is 81.3 Å². The molecule has 3 fully saturated rings. The summed E-state index contributed by atoms with van der Waals surface area (Å²) in [5, 5.41) is 11.7. The lowest BCUT2D eigenvalue weighted by atomic mass is 9.60. The van der Waals surface area contributed by atoms with Crippen LogP contribution in [0.5, 0.6) is 0 Å². The van der Waals surface area contributed by atoms with Crippen LogP contribution in [0.25, 0.3) is 0 Å². The zero-order chi connectivity index (χ0) is 26.7. The minimum Gasteiger partial charge on any atom is -0.381 e. The van der Waals surface area contributed by atoms with E-state index in [2.05, 4.69) is 19.2 Å². The summed E-state index contributed by atoms with van der Waals surface area (Å²) in [5.41, 5.74) is 0.487. The maximum atomic E-state index is 14.3. The van der Waals surface area contributed by atoms with E-state index in [0.29, 0.717) is 60.5 Å². The lowest BCUT2D eigenvalue weighted by Crippen LogP contribution is -2.45. The molecule has 37 heavy (non-hydrogen) atoms. The van der Waals surface area contributed by atoms with Crippen LogP contribution in [0, 0.1) is 46.8 Å². The first-order valence-corrected chi connectivity index (χ1v) is 14.4. The number of halogens is 1. The summed E-state index contributed by atoms with van der Waals surface area (Å²) in [6, 6.07) is 0. The van der Waals surface area contributed by atoms with Gasteiger partial charge in [0.25, 0.3) is 0 Å². The van der Waals surface area contributed by atoms with Crippen LogP contribution in [0.2, 0.25) is 0 Å². The third kappa shape index (κ3) is 6.86.